The van der Waals surface area contributed by atoms with Crippen LogP contribution < -0.4 is 15.1 Å². The van der Waals surface area contributed by atoms with Crippen molar-refractivity contribution in [1.82, 2.24) is 9.97 Å². The number of carbonyl (C=O) groups is 1. The van der Waals surface area contributed by atoms with Crippen molar-refractivity contribution in [2.45, 2.75) is 25.9 Å². The number of aromatic nitrogens is 2. The maximum absolute atomic E-state index is 11.9. The van der Waals surface area contributed by atoms with Crippen molar-refractivity contribution in [3.63, 3.8) is 0 Å². The van der Waals surface area contributed by atoms with E-state index in [2.05, 4.69) is 46.2 Å². The van der Waals surface area contributed by atoms with Crippen molar-refractivity contribution in [2.75, 3.05) is 35.8 Å². The predicted molar refractivity (Wildman–Crippen MR) is 113 cm³/mol. The molecule has 0 aliphatic heterocycles. The summed E-state index contributed by atoms with van der Waals surface area (Å²) < 4.78 is 0. The molecule has 2 aromatic heterocycles. The predicted octanol–water partition coefficient (Wildman–Crippen LogP) is 3.52. The van der Waals surface area contributed by atoms with Crippen LogP contribution in [0, 0.1) is 0 Å². The van der Waals surface area contributed by atoms with E-state index in [9.17, 15) is 4.79 Å². The van der Waals surface area contributed by atoms with Crippen molar-refractivity contribution in [2.24, 2.45) is 0 Å². The molecule has 0 bridgehead atoms. The van der Waals surface area contributed by atoms with Gasteiger partial charge in [0.1, 0.15) is 18.1 Å². The van der Waals surface area contributed by atoms with Crippen LogP contribution in [0.25, 0.3) is 10.9 Å². The fourth-order valence-corrected chi connectivity index (χ4v) is 3.16. The molecule has 1 atom stereocenters. The molecule has 28 heavy (non-hydrogen) atoms. The van der Waals surface area contributed by atoms with Gasteiger partial charge in [-0.25, -0.2) is 4.98 Å². The minimum atomic E-state index is -0.330. The summed E-state index contributed by atoms with van der Waals surface area (Å²) in [5, 5.41) is 4.55. The largest absolute Gasteiger partial charge is 0.380 e. The third-order valence-electron chi connectivity index (χ3n) is 4.61. The molecule has 0 saturated carbocycles. The molecule has 0 fully saturated rings. The number of pyridine rings is 1. The van der Waals surface area contributed by atoms with Gasteiger partial charge in [0.05, 0.1) is 5.69 Å². The van der Waals surface area contributed by atoms with E-state index < -0.39 is 0 Å². The Morgan fingerprint density at radius 3 is 2.61 bits per heavy atom. The molecule has 0 radical (unpaired) electrons. The first kappa shape index (κ1) is 21.9. The van der Waals surface area contributed by atoms with Gasteiger partial charge >= 0.3 is 0 Å². The number of benzene rings is 1. The van der Waals surface area contributed by atoms with E-state index in [1.807, 2.05) is 49.3 Å². The second-order valence-electron chi connectivity index (χ2n) is 7.11. The first-order valence-electron chi connectivity index (χ1n) is 9.18. The Balaban J connectivity index is 0.00000280. The smallest absolute Gasteiger partial charge is 0.152 e. The van der Waals surface area contributed by atoms with Gasteiger partial charge in [0.25, 0.3) is 0 Å². The molecule has 2 N–H and O–H groups in total. The molecule has 2 heterocycles. The van der Waals surface area contributed by atoms with Crippen molar-refractivity contribution in [3.05, 3.63) is 48.7 Å². The topological polar surface area (TPSA) is 64.3 Å². The van der Waals surface area contributed by atoms with Crippen LogP contribution in [0.15, 0.2) is 48.7 Å². The Morgan fingerprint density at radius 1 is 1.18 bits per heavy atom. The minimum absolute atomic E-state index is 0. The summed E-state index contributed by atoms with van der Waals surface area (Å²) in [4.78, 5) is 23.8. The van der Waals surface area contributed by atoms with E-state index in [1.165, 1.54) is 0 Å². The first-order chi connectivity index (χ1) is 13.0. The van der Waals surface area contributed by atoms with Gasteiger partial charge in [-0.1, -0.05) is 18.2 Å². The quantitative estimate of drug-likeness (QED) is 0.389. The van der Waals surface area contributed by atoms with E-state index in [0.717, 1.165) is 34.5 Å². The van der Waals surface area contributed by atoms with Crippen molar-refractivity contribution >= 4 is 34.5 Å². The summed E-state index contributed by atoms with van der Waals surface area (Å²) in [7, 11) is 3.90. The number of para-hydroxylation sites is 1. The number of rotatable bonds is 8. The molecule has 0 aliphatic rings. The molecule has 6 nitrogen and oxygen atoms in total. The molecule has 3 aromatic rings. The Hall–Kier alpha value is -2.36. The fraction of sp³-hybridized carbons (Fsp3) is 0.333. The van der Waals surface area contributed by atoms with Crippen LogP contribution in [-0.4, -0.2) is 49.0 Å². The van der Waals surface area contributed by atoms with Gasteiger partial charge in [-0.2, -0.15) is 0 Å². The van der Waals surface area contributed by atoms with Gasteiger partial charge in [-0.3, -0.25) is 0 Å². The van der Waals surface area contributed by atoms with Crippen LogP contribution in [0.4, 0.5) is 17.3 Å². The van der Waals surface area contributed by atoms with Crippen LogP contribution in [0.2, 0.25) is 0 Å². The maximum atomic E-state index is 11.9. The van der Waals surface area contributed by atoms with E-state index >= 15 is 0 Å². The van der Waals surface area contributed by atoms with Crippen LogP contribution >= 0.6 is 0 Å². The second kappa shape index (κ2) is 9.72. The summed E-state index contributed by atoms with van der Waals surface area (Å²) in [5.74, 6) is 1.76. The monoisotopic (exact) mass is 471 g/mol. The first-order valence-corrected chi connectivity index (χ1v) is 9.18. The van der Waals surface area contributed by atoms with Gasteiger partial charge in [0.15, 0.2) is 5.82 Å². The number of aromatic amines is 1. The molecule has 0 aliphatic carbocycles. The number of likely N-dealkylation sites (N-methyl/N-ethyl adjacent to an activating group) is 2. The molecule has 0 saturated heterocycles. The maximum Gasteiger partial charge on any atom is 0.152 e. The van der Waals surface area contributed by atoms with Gasteiger partial charge in [-0.05, 0) is 38.1 Å². The summed E-state index contributed by atoms with van der Waals surface area (Å²) in [6.07, 6.45) is 2.73. The average molecular weight is 472 g/mol. The summed E-state index contributed by atoms with van der Waals surface area (Å²) in [6, 6.07) is 14.1. The van der Waals surface area contributed by atoms with Crippen LogP contribution in [-0.2, 0) is 25.2 Å². The number of fused-ring (bicyclic) bond motifs is 1. The average Bonchev–Trinajstić information content (AvgIpc) is 3.10. The van der Waals surface area contributed by atoms with Crippen molar-refractivity contribution in [1.29, 1.82) is 0 Å². The van der Waals surface area contributed by atoms with Crippen molar-refractivity contribution in [3.8, 4) is 0 Å². The zero-order chi connectivity index (χ0) is 19.4. The number of anilines is 3. The number of carbonyl (C=O) groups excluding carboxylic acids is 1. The summed E-state index contributed by atoms with van der Waals surface area (Å²) in [5.41, 5.74) is 2.01. The van der Waals surface area contributed by atoms with Crippen molar-refractivity contribution < 1.29 is 25.2 Å². The normalized spacial score (nSPS) is 11.8. The Bertz CT molecular complexity index is 877. The van der Waals surface area contributed by atoms with Gasteiger partial charge in [0, 0.05) is 64.2 Å². The Labute approximate surface area is 180 Å². The number of hydrogen-bond acceptors (Lipinski definition) is 5. The third kappa shape index (κ3) is 4.92. The van der Waals surface area contributed by atoms with Crippen LogP contribution in [0.1, 0.15) is 13.8 Å². The summed E-state index contributed by atoms with van der Waals surface area (Å²) >= 11 is 0. The number of H-pyrrole nitrogens is 1. The fourth-order valence-electron chi connectivity index (χ4n) is 3.16. The molecule has 152 valence electrons. The Morgan fingerprint density at radius 2 is 1.93 bits per heavy atom. The van der Waals surface area contributed by atoms with Gasteiger partial charge in [0.2, 0.25) is 0 Å². The molecular weight excluding hydrogens is 445 g/mol. The summed E-state index contributed by atoms with van der Waals surface area (Å²) in [6.45, 7) is 4.71. The Kier molecular flexibility index (Phi) is 7.62. The zero-order valence-corrected chi connectivity index (χ0v) is 18.2. The van der Waals surface area contributed by atoms with E-state index in [0.29, 0.717) is 6.54 Å². The van der Waals surface area contributed by atoms with E-state index in [-0.39, 0.29) is 32.5 Å². The molecule has 3 rings (SSSR count). The van der Waals surface area contributed by atoms with Crippen LogP contribution in [0.3, 0.4) is 0 Å². The second-order valence-corrected chi connectivity index (χ2v) is 7.11. The molecule has 0 spiro atoms. The van der Waals surface area contributed by atoms with E-state index in [1.54, 1.807) is 6.20 Å². The third-order valence-corrected chi connectivity index (χ3v) is 4.61. The number of nitrogens with one attached hydrogen (secondary N) is 2. The number of nitrogens with zero attached hydrogens (tertiary/aromatic N) is 3. The number of hydrogen-bond donors (Lipinski definition) is 2. The SMILES string of the molecule is CC(C)Nc1cccnc1N(C)C(C=O)CN(C)c1cc2ccccc2[nH]1.[Pd]. The minimum Gasteiger partial charge on any atom is -0.380 e. The van der Waals surface area contributed by atoms with Gasteiger partial charge < -0.3 is 24.9 Å². The zero-order valence-electron chi connectivity index (χ0n) is 16.6. The van der Waals surface area contributed by atoms with Gasteiger partial charge in [-0.15, -0.1) is 0 Å². The molecule has 1 aromatic carbocycles. The molecule has 7 heteroatoms. The standard InChI is InChI=1S/C21H27N5O.Pd/c1-15(2)23-19-10-7-11-22-21(19)26(4)17(14-27)13-25(3)20-12-16-8-5-6-9-18(16)24-20;/h5-12,14-15,17,23-24H,13H2,1-4H3;. The molecular formula is C21H27N5OPd. The van der Waals surface area contributed by atoms with Crippen LogP contribution in [0.5, 0.6) is 0 Å². The number of aldehydes is 1. The van der Waals surface area contributed by atoms with E-state index in [4.69, 9.17) is 0 Å². The molecule has 0 amide bonds. The molecule has 1 unspecified atom stereocenters.